The minimum atomic E-state index is -0.0630. The van der Waals surface area contributed by atoms with Gasteiger partial charge in [-0.15, -0.1) is 0 Å². The summed E-state index contributed by atoms with van der Waals surface area (Å²) in [7, 11) is 0. The number of hydrogen-bond donors (Lipinski definition) is 0. The number of rotatable bonds is 10. The molecule has 0 N–H and O–H groups in total. The first kappa shape index (κ1) is 21.8. The van der Waals surface area contributed by atoms with Crippen molar-refractivity contribution >= 4 is 29.1 Å². The van der Waals surface area contributed by atoms with Crippen LogP contribution >= 0.6 is 23.2 Å². The number of carbonyl (C=O) groups is 1. The zero-order valence-corrected chi connectivity index (χ0v) is 17.9. The second-order valence-electron chi connectivity index (χ2n) is 6.77. The molecule has 6 heteroatoms. The fourth-order valence-corrected chi connectivity index (χ4v) is 3.67. The maximum Gasteiger partial charge on any atom is 0.259 e. The highest BCUT2D eigenvalue weighted by atomic mass is 35.5. The lowest BCUT2D eigenvalue weighted by Gasteiger charge is -2.23. The quantitative estimate of drug-likeness (QED) is 0.405. The largest absolute Gasteiger partial charge is 0.360 e. The van der Waals surface area contributed by atoms with Gasteiger partial charge in [0, 0.05) is 18.7 Å². The molecule has 27 heavy (non-hydrogen) atoms. The minimum absolute atomic E-state index is 0.0630. The molecule has 1 heterocycles. The summed E-state index contributed by atoms with van der Waals surface area (Å²) in [5, 5.41) is 5.02. The van der Waals surface area contributed by atoms with Crippen LogP contribution < -0.4 is 0 Å². The normalized spacial score (nSPS) is 11.0. The average Bonchev–Trinajstić information content (AvgIpc) is 3.01. The van der Waals surface area contributed by atoms with Crippen molar-refractivity contribution in [2.75, 3.05) is 13.1 Å². The third-order valence-electron chi connectivity index (χ3n) is 4.63. The molecule has 2 rings (SSSR count). The van der Waals surface area contributed by atoms with Crippen LogP contribution in [0.15, 0.2) is 22.7 Å². The van der Waals surface area contributed by atoms with E-state index in [1.165, 1.54) is 0 Å². The van der Waals surface area contributed by atoms with E-state index in [2.05, 4.69) is 19.0 Å². The lowest BCUT2D eigenvalue weighted by Crippen LogP contribution is -2.33. The van der Waals surface area contributed by atoms with Gasteiger partial charge < -0.3 is 9.42 Å². The zero-order chi connectivity index (χ0) is 19.8. The Kier molecular flexibility index (Phi) is 8.65. The van der Waals surface area contributed by atoms with E-state index in [4.69, 9.17) is 27.7 Å². The van der Waals surface area contributed by atoms with Crippen molar-refractivity contribution in [2.45, 2.75) is 59.3 Å². The van der Waals surface area contributed by atoms with Crippen molar-refractivity contribution in [3.63, 3.8) is 0 Å². The summed E-state index contributed by atoms with van der Waals surface area (Å²) >= 11 is 12.7. The number of halogens is 2. The molecule has 0 atom stereocenters. The molecule has 1 aromatic carbocycles. The van der Waals surface area contributed by atoms with E-state index >= 15 is 0 Å². The minimum Gasteiger partial charge on any atom is -0.360 e. The lowest BCUT2D eigenvalue weighted by molar-refractivity contribution is 0.0748. The third-order valence-corrected chi connectivity index (χ3v) is 5.26. The number of hydrogen-bond acceptors (Lipinski definition) is 3. The van der Waals surface area contributed by atoms with Gasteiger partial charge in [0.15, 0.2) is 0 Å². The highest BCUT2D eigenvalue weighted by Crippen LogP contribution is 2.37. The molecule has 0 aliphatic heterocycles. The van der Waals surface area contributed by atoms with Crippen LogP contribution in [0.25, 0.3) is 11.3 Å². The summed E-state index contributed by atoms with van der Waals surface area (Å²) in [5.41, 5.74) is 1.42. The Balaban J connectivity index is 2.36. The molecule has 0 saturated carbocycles. The predicted octanol–water partition coefficient (Wildman–Crippen LogP) is 6.78. The molecule has 0 spiro atoms. The molecule has 0 unspecified atom stereocenters. The van der Waals surface area contributed by atoms with Crippen molar-refractivity contribution in [2.24, 2.45) is 0 Å². The van der Waals surface area contributed by atoms with Crippen LogP contribution in [-0.4, -0.2) is 29.1 Å². The van der Waals surface area contributed by atoms with Gasteiger partial charge in [-0.3, -0.25) is 4.79 Å². The van der Waals surface area contributed by atoms with E-state index in [1.54, 1.807) is 25.1 Å². The van der Waals surface area contributed by atoms with Gasteiger partial charge in [-0.2, -0.15) is 0 Å². The number of nitrogens with zero attached hydrogens (tertiary/aromatic N) is 2. The molecule has 0 radical (unpaired) electrons. The number of aryl methyl sites for hydroxylation is 1. The van der Waals surface area contributed by atoms with Crippen molar-refractivity contribution in [1.29, 1.82) is 0 Å². The molecule has 1 amide bonds. The molecule has 0 fully saturated rings. The Morgan fingerprint density at radius 1 is 1.04 bits per heavy atom. The highest BCUT2D eigenvalue weighted by Gasteiger charge is 2.28. The molecule has 0 saturated heterocycles. The zero-order valence-electron chi connectivity index (χ0n) is 16.4. The average molecular weight is 411 g/mol. The number of benzene rings is 1. The van der Waals surface area contributed by atoms with Crippen molar-refractivity contribution in [3.8, 4) is 11.3 Å². The van der Waals surface area contributed by atoms with E-state index in [1.807, 2.05) is 4.90 Å². The van der Waals surface area contributed by atoms with Crippen molar-refractivity contribution < 1.29 is 9.32 Å². The first-order valence-corrected chi connectivity index (χ1v) is 10.5. The standard InChI is InChI=1S/C21H28Cl2N2O2/c1-4-6-8-13-25(14-9-7-5-2)21(26)18-15(3)27-24-20(18)19-16(22)11-10-12-17(19)23/h10-12H,4-9,13-14H2,1-3H3. The SMILES string of the molecule is CCCCCN(CCCCC)C(=O)c1c(-c2c(Cl)cccc2Cl)noc1C. The van der Waals surface area contributed by atoms with E-state index in [0.717, 1.165) is 51.6 Å². The summed E-state index contributed by atoms with van der Waals surface area (Å²) in [5.74, 6) is 0.425. The topological polar surface area (TPSA) is 46.3 Å². The van der Waals surface area contributed by atoms with E-state index in [-0.39, 0.29) is 5.91 Å². The number of aromatic nitrogens is 1. The van der Waals surface area contributed by atoms with E-state index in [9.17, 15) is 4.79 Å². The van der Waals surface area contributed by atoms with Gasteiger partial charge >= 0.3 is 0 Å². The Hall–Kier alpha value is -1.52. The molecule has 1 aromatic heterocycles. The molecule has 0 aliphatic rings. The van der Waals surface area contributed by atoms with Crippen LogP contribution in [0, 0.1) is 6.92 Å². The van der Waals surface area contributed by atoms with Crippen LogP contribution in [-0.2, 0) is 0 Å². The molecule has 2 aromatic rings. The van der Waals surface area contributed by atoms with Gasteiger partial charge in [0.1, 0.15) is 17.0 Å². The summed E-state index contributed by atoms with van der Waals surface area (Å²) < 4.78 is 5.37. The van der Waals surface area contributed by atoms with Gasteiger partial charge in [0.2, 0.25) is 0 Å². The summed E-state index contributed by atoms with van der Waals surface area (Å²) in [6.07, 6.45) is 6.40. The predicted molar refractivity (Wildman–Crippen MR) is 112 cm³/mol. The van der Waals surface area contributed by atoms with Gasteiger partial charge in [0.25, 0.3) is 5.91 Å². The van der Waals surface area contributed by atoms with Gasteiger partial charge in [-0.25, -0.2) is 0 Å². The van der Waals surface area contributed by atoms with Gasteiger partial charge in [0.05, 0.1) is 10.0 Å². The molecular formula is C21H28Cl2N2O2. The number of unbranched alkanes of at least 4 members (excludes halogenated alkanes) is 4. The van der Waals surface area contributed by atoms with Crippen LogP contribution in [0.2, 0.25) is 10.0 Å². The first-order valence-electron chi connectivity index (χ1n) is 9.71. The van der Waals surface area contributed by atoms with Crippen LogP contribution in [0.3, 0.4) is 0 Å². The summed E-state index contributed by atoms with van der Waals surface area (Å²) in [6, 6.07) is 5.24. The Morgan fingerprint density at radius 3 is 2.11 bits per heavy atom. The molecule has 0 bridgehead atoms. The van der Waals surface area contributed by atoms with Crippen LogP contribution in [0.4, 0.5) is 0 Å². The van der Waals surface area contributed by atoms with Crippen LogP contribution in [0.5, 0.6) is 0 Å². The molecular weight excluding hydrogens is 383 g/mol. The number of carbonyl (C=O) groups excluding carboxylic acids is 1. The van der Waals surface area contributed by atoms with Gasteiger partial charge in [-0.1, -0.05) is 74.0 Å². The third kappa shape index (κ3) is 5.49. The van der Waals surface area contributed by atoms with E-state index < -0.39 is 0 Å². The van der Waals surface area contributed by atoms with Crippen molar-refractivity contribution in [3.05, 3.63) is 39.6 Å². The fourth-order valence-electron chi connectivity index (χ4n) is 3.10. The summed E-state index contributed by atoms with van der Waals surface area (Å²) in [4.78, 5) is 15.3. The monoisotopic (exact) mass is 410 g/mol. The number of amides is 1. The van der Waals surface area contributed by atoms with Crippen molar-refractivity contribution in [1.82, 2.24) is 10.1 Å². The molecule has 4 nitrogen and oxygen atoms in total. The first-order chi connectivity index (χ1) is 13.0. The van der Waals surface area contributed by atoms with E-state index in [0.29, 0.717) is 32.6 Å². The van der Waals surface area contributed by atoms with Gasteiger partial charge in [-0.05, 0) is 31.9 Å². The Labute approximate surface area is 171 Å². The smallest absolute Gasteiger partial charge is 0.259 e. The second kappa shape index (κ2) is 10.7. The fraction of sp³-hybridized carbons (Fsp3) is 0.524. The molecule has 0 aliphatic carbocycles. The van der Waals surface area contributed by atoms with Crippen LogP contribution in [0.1, 0.15) is 68.5 Å². The Bertz CT molecular complexity index is 728. The lowest BCUT2D eigenvalue weighted by atomic mass is 10.0. The Morgan fingerprint density at radius 2 is 1.59 bits per heavy atom. The molecule has 148 valence electrons. The maximum atomic E-state index is 13.4. The second-order valence-corrected chi connectivity index (χ2v) is 7.58. The summed E-state index contributed by atoms with van der Waals surface area (Å²) in [6.45, 7) is 7.54. The highest BCUT2D eigenvalue weighted by molar-refractivity contribution is 6.39. The maximum absolute atomic E-state index is 13.4.